The number of benzene rings is 2. The highest BCUT2D eigenvalue weighted by atomic mass is 16.5. The summed E-state index contributed by atoms with van der Waals surface area (Å²) in [6.45, 7) is 3.47. The van der Waals surface area contributed by atoms with Crippen molar-refractivity contribution in [3.8, 4) is 11.5 Å². The molecular formula is C21H18O7. The molecule has 0 bridgehead atoms. The first-order valence-corrected chi connectivity index (χ1v) is 8.81. The van der Waals surface area contributed by atoms with Crippen LogP contribution in [-0.4, -0.2) is 36.7 Å². The van der Waals surface area contributed by atoms with Gasteiger partial charge in [-0.1, -0.05) is 0 Å². The summed E-state index contributed by atoms with van der Waals surface area (Å²) in [5.74, 6) is -2.19. The number of ketones is 2. The van der Waals surface area contributed by atoms with Crippen molar-refractivity contribution in [2.75, 3.05) is 13.2 Å². The fraction of sp³-hybridized carbons (Fsp3) is 0.238. The third-order valence-electron chi connectivity index (χ3n) is 4.17. The molecule has 0 atom stereocenters. The van der Waals surface area contributed by atoms with Crippen molar-refractivity contribution < 1.29 is 33.4 Å². The number of carbonyl (C=O) groups is 4. The zero-order valence-electron chi connectivity index (χ0n) is 15.4. The molecule has 28 heavy (non-hydrogen) atoms. The van der Waals surface area contributed by atoms with E-state index < -0.39 is 23.5 Å². The molecule has 3 rings (SSSR count). The first-order chi connectivity index (χ1) is 13.4. The lowest BCUT2D eigenvalue weighted by Crippen LogP contribution is -2.18. The molecule has 0 unspecified atom stereocenters. The van der Waals surface area contributed by atoms with E-state index in [1.165, 1.54) is 12.1 Å². The van der Waals surface area contributed by atoms with Gasteiger partial charge in [0.2, 0.25) is 0 Å². The minimum absolute atomic E-state index is 0.114. The van der Waals surface area contributed by atoms with E-state index in [1.54, 1.807) is 38.1 Å². The van der Waals surface area contributed by atoms with Gasteiger partial charge >= 0.3 is 11.9 Å². The maximum atomic E-state index is 12.1. The monoisotopic (exact) mass is 382 g/mol. The lowest BCUT2D eigenvalue weighted by Gasteiger charge is -2.21. The standard InChI is InChI=1S/C21H18O7/c1-3-26-20(24)18(22)12-5-7-16-14(9-12)11-15-10-13(6-8-17(15)28-16)19(23)21(25)27-4-2/h5-10H,3-4,11H2,1-2H3. The van der Waals surface area contributed by atoms with E-state index in [-0.39, 0.29) is 24.3 Å². The lowest BCUT2D eigenvalue weighted by atomic mass is 9.95. The molecule has 0 aliphatic carbocycles. The van der Waals surface area contributed by atoms with Crippen LogP contribution in [0.25, 0.3) is 0 Å². The zero-order valence-corrected chi connectivity index (χ0v) is 15.4. The molecule has 2 aromatic carbocycles. The number of esters is 2. The number of hydrogen-bond acceptors (Lipinski definition) is 7. The minimum atomic E-state index is -0.915. The maximum Gasteiger partial charge on any atom is 0.379 e. The number of hydrogen-bond donors (Lipinski definition) is 0. The highest BCUT2D eigenvalue weighted by molar-refractivity contribution is 6.41. The molecule has 0 saturated carbocycles. The normalized spacial score (nSPS) is 11.5. The summed E-state index contributed by atoms with van der Waals surface area (Å²) < 4.78 is 15.3. The largest absolute Gasteiger partial charge is 0.460 e. The van der Waals surface area contributed by atoms with E-state index >= 15 is 0 Å². The number of Topliss-reactive ketones (excluding diaryl/α,β-unsaturated/α-hetero) is 2. The Morgan fingerprint density at radius 2 is 1.21 bits per heavy atom. The van der Waals surface area contributed by atoms with Gasteiger partial charge in [-0.2, -0.15) is 0 Å². The molecule has 2 aromatic rings. The van der Waals surface area contributed by atoms with Crippen LogP contribution in [0.3, 0.4) is 0 Å². The van der Waals surface area contributed by atoms with Gasteiger partial charge in [-0.15, -0.1) is 0 Å². The summed E-state index contributed by atoms with van der Waals surface area (Å²) in [6.07, 6.45) is 0.374. The number of ether oxygens (including phenoxy) is 3. The van der Waals surface area contributed by atoms with Crippen molar-refractivity contribution >= 4 is 23.5 Å². The van der Waals surface area contributed by atoms with Gasteiger partial charge in [0.05, 0.1) is 13.2 Å². The molecule has 7 heteroatoms. The molecule has 1 aliphatic rings. The van der Waals surface area contributed by atoms with Gasteiger partial charge in [-0.3, -0.25) is 9.59 Å². The third-order valence-corrected chi connectivity index (χ3v) is 4.17. The Morgan fingerprint density at radius 3 is 1.61 bits per heavy atom. The first kappa shape index (κ1) is 19.3. The van der Waals surface area contributed by atoms with Gasteiger partial charge in [-0.05, 0) is 50.2 Å². The summed E-state index contributed by atoms with van der Waals surface area (Å²) in [7, 11) is 0. The van der Waals surface area contributed by atoms with Gasteiger partial charge in [0, 0.05) is 28.7 Å². The average Bonchev–Trinajstić information content (AvgIpc) is 2.70. The van der Waals surface area contributed by atoms with Gasteiger partial charge in [0.15, 0.2) is 0 Å². The molecule has 0 aromatic heterocycles. The smallest absolute Gasteiger partial charge is 0.379 e. The van der Waals surface area contributed by atoms with Crippen molar-refractivity contribution in [1.29, 1.82) is 0 Å². The Kier molecular flexibility index (Phi) is 5.54. The molecule has 1 heterocycles. The fourth-order valence-corrected chi connectivity index (χ4v) is 2.87. The Balaban J connectivity index is 1.86. The van der Waals surface area contributed by atoms with Crippen LogP contribution in [0.4, 0.5) is 0 Å². The van der Waals surface area contributed by atoms with E-state index in [0.29, 0.717) is 29.0 Å². The quantitative estimate of drug-likeness (QED) is 0.367. The van der Waals surface area contributed by atoms with E-state index in [1.807, 2.05) is 0 Å². The number of carbonyl (C=O) groups excluding carboxylic acids is 4. The molecule has 7 nitrogen and oxygen atoms in total. The van der Waals surface area contributed by atoms with Crippen molar-refractivity contribution in [2.24, 2.45) is 0 Å². The average molecular weight is 382 g/mol. The summed E-state index contributed by atoms with van der Waals surface area (Å²) in [5, 5.41) is 0. The van der Waals surface area contributed by atoms with Gasteiger partial charge in [-0.25, -0.2) is 9.59 Å². The van der Waals surface area contributed by atoms with Gasteiger partial charge in [0.1, 0.15) is 11.5 Å². The van der Waals surface area contributed by atoms with E-state index in [4.69, 9.17) is 14.2 Å². The Morgan fingerprint density at radius 1 is 0.786 bits per heavy atom. The van der Waals surface area contributed by atoms with Crippen LogP contribution in [0.5, 0.6) is 11.5 Å². The van der Waals surface area contributed by atoms with Crippen molar-refractivity contribution in [3.63, 3.8) is 0 Å². The van der Waals surface area contributed by atoms with Gasteiger partial charge < -0.3 is 14.2 Å². The van der Waals surface area contributed by atoms with E-state index in [2.05, 4.69) is 0 Å². The van der Waals surface area contributed by atoms with Gasteiger partial charge in [0.25, 0.3) is 11.6 Å². The molecule has 0 saturated heterocycles. The second kappa shape index (κ2) is 8.04. The van der Waals surface area contributed by atoms with Crippen LogP contribution in [0, 0.1) is 0 Å². The summed E-state index contributed by atoms with van der Waals surface area (Å²) in [5.41, 5.74) is 1.76. The number of rotatable bonds is 6. The Hall–Kier alpha value is -3.48. The fourth-order valence-electron chi connectivity index (χ4n) is 2.87. The van der Waals surface area contributed by atoms with Crippen LogP contribution in [-0.2, 0) is 25.5 Å². The first-order valence-electron chi connectivity index (χ1n) is 8.81. The summed E-state index contributed by atoms with van der Waals surface area (Å²) in [4.78, 5) is 47.6. The second-order valence-electron chi connectivity index (χ2n) is 6.02. The molecule has 0 amide bonds. The van der Waals surface area contributed by atoms with Crippen molar-refractivity contribution in [2.45, 2.75) is 20.3 Å². The maximum absolute atomic E-state index is 12.1. The Labute approximate surface area is 161 Å². The minimum Gasteiger partial charge on any atom is -0.460 e. The summed E-state index contributed by atoms with van der Waals surface area (Å²) in [6, 6.07) is 9.36. The molecule has 0 spiro atoms. The molecule has 144 valence electrons. The number of fused-ring (bicyclic) bond motifs is 2. The van der Waals surface area contributed by atoms with E-state index in [0.717, 1.165) is 0 Å². The van der Waals surface area contributed by atoms with Crippen LogP contribution in [0.2, 0.25) is 0 Å². The molecule has 0 radical (unpaired) electrons. The SMILES string of the molecule is CCOC(=O)C(=O)c1ccc2c(c1)Cc1cc(C(=O)C(=O)OCC)ccc1O2. The van der Waals surface area contributed by atoms with E-state index in [9.17, 15) is 19.2 Å². The van der Waals surface area contributed by atoms with Crippen LogP contribution >= 0.6 is 0 Å². The molecule has 1 aliphatic heterocycles. The Bertz CT molecular complexity index is 897. The van der Waals surface area contributed by atoms with Crippen LogP contribution in [0.15, 0.2) is 36.4 Å². The predicted octanol–water partition coefficient (Wildman–Crippen LogP) is 2.87. The topological polar surface area (TPSA) is 96.0 Å². The molecular weight excluding hydrogens is 364 g/mol. The second-order valence-corrected chi connectivity index (χ2v) is 6.02. The van der Waals surface area contributed by atoms with Crippen molar-refractivity contribution in [1.82, 2.24) is 0 Å². The van der Waals surface area contributed by atoms with Crippen LogP contribution < -0.4 is 4.74 Å². The highest BCUT2D eigenvalue weighted by Gasteiger charge is 2.24. The van der Waals surface area contributed by atoms with Crippen molar-refractivity contribution in [3.05, 3.63) is 58.7 Å². The molecule has 0 fully saturated rings. The highest BCUT2D eigenvalue weighted by Crippen LogP contribution is 2.37. The predicted molar refractivity (Wildman–Crippen MR) is 97.7 cm³/mol. The molecule has 0 N–H and O–H groups in total. The lowest BCUT2D eigenvalue weighted by molar-refractivity contribution is -0.138. The third kappa shape index (κ3) is 3.78. The zero-order chi connectivity index (χ0) is 20.3. The summed E-state index contributed by atoms with van der Waals surface area (Å²) >= 11 is 0. The van der Waals surface area contributed by atoms with Crippen LogP contribution in [0.1, 0.15) is 45.7 Å².